The molecule has 0 unspecified atom stereocenters. The van der Waals surface area contributed by atoms with Crippen LogP contribution in [0.2, 0.25) is 0 Å². The number of carbonyl (C=O) groups is 4. The van der Waals surface area contributed by atoms with Gasteiger partial charge >= 0.3 is 24.5 Å². The predicted octanol–water partition coefficient (Wildman–Crippen LogP) is 5.72. The van der Waals surface area contributed by atoms with Crippen molar-refractivity contribution in [1.82, 2.24) is 46.5 Å². The monoisotopic (exact) mass is 1120 g/mol. The standard InChI is InChI=1S/C52H60F8N10O9/c1-28-65-66-46(78-28)32-19-37(53)36(38(54)20-32)24-69(67-45(73)43(79-47(74)61-6)50(4,5)52(58,59)60)25-40(71)39(63-44(72)42(64-48(75)76-7)49(2,3)51(55,56)57)18-30-11-8-29(9-12-30)10-13-31-14-17-41(62-21-31)68-22-33-15-16-34(23-68)70(33)35-26-77-27-35/h8-9,11-12,14,17,19-21,33-35,39-40,42-43,71H,15-16,18,22-27H2,1-7H3,(H,61,74)(H,63,72)(H,64,75)(H,67,73)/t33-,34-,39-,40-,42+,43+/m0/s1. The number of rotatable bonds is 18. The van der Waals surface area contributed by atoms with Crippen LogP contribution >= 0.6 is 0 Å². The SMILES string of the molecule is CNC(=O)O[C@H](C(=O)NN(Cc1c(F)cc(-c2nnc(C)o2)cc1F)C[C@H](O)[C@H](Cc1ccc(C#Cc2ccc(N3C[C@@H]4CC[C@@H](C3)N4C3COC3)nc2)cc1)NC(=O)[C@@H](NC(=O)OC)C(C)(C)C(F)(F)F)C(C)(C)C(F)(F)F. The van der Waals surface area contributed by atoms with Crippen LogP contribution in [0, 0.1) is 41.2 Å². The minimum atomic E-state index is -5.23. The number of ether oxygens (including phenoxy) is 3. The number of hydrazine groups is 1. The number of aromatic nitrogens is 3. The summed E-state index contributed by atoms with van der Waals surface area (Å²) in [6.45, 7) is 4.77. The number of fused-ring (bicyclic) bond motifs is 2. The van der Waals surface area contributed by atoms with E-state index >= 15 is 8.78 Å². The Morgan fingerprint density at radius 3 is 1.96 bits per heavy atom. The number of alkyl halides is 6. The van der Waals surface area contributed by atoms with Crippen LogP contribution in [0.15, 0.2) is 59.1 Å². The maximum Gasteiger partial charge on any atom is 0.407 e. The van der Waals surface area contributed by atoms with Crippen molar-refractivity contribution in [2.75, 3.05) is 51.9 Å². The molecule has 79 heavy (non-hydrogen) atoms. The molecule has 428 valence electrons. The maximum absolute atomic E-state index is 16.0. The fourth-order valence-electron chi connectivity index (χ4n) is 9.39. The van der Waals surface area contributed by atoms with Crippen LogP contribution in [0.1, 0.15) is 68.7 Å². The Hall–Kier alpha value is -7.15. The summed E-state index contributed by atoms with van der Waals surface area (Å²) in [6, 6.07) is 8.61. The molecule has 2 bridgehead atoms. The topological polar surface area (TPSA) is 226 Å². The predicted molar refractivity (Wildman–Crippen MR) is 265 cm³/mol. The van der Waals surface area contributed by atoms with E-state index < -0.39 is 108 Å². The van der Waals surface area contributed by atoms with Crippen LogP contribution < -0.4 is 26.3 Å². The molecule has 3 fully saturated rings. The van der Waals surface area contributed by atoms with E-state index in [0.717, 1.165) is 71.3 Å². The van der Waals surface area contributed by atoms with Crippen molar-refractivity contribution in [2.45, 2.75) is 115 Å². The molecule has 5 N–H and O–H groups in total. The Morgan fingerprint density at radius 2 is 1.44 bits per heavy atom. The number of halogens is 8. The number of nitrogens with zero attached hydrogens (tertiary/aromatic N) is 6. The highest BCUT2D eigenvalue weighted by Gasteiger charge is 2.58. The van der Waals surface area contributed by atoms with E-state index in [2.05, 4.69) is 46.9 Å². The van der Waals surface area contributed by atoms with E-state index in [1.54, 1.807) is 18.3 Å². The van der Waals surface area contributed by atoms with Crippen molar-refractivity contribution in [1.29, 1.82) is 0 Å². The van der Waals surface area contributed by atoms with Gasteiger partial charge in [-0.25, -0.2) is 28.4 Å². The van der Waals surface area contributed by atoms with Crippen LogP contribution in [0.5, 0.6) is 0 Å². The molecule has 4 aromatic rings. The Morgan fingerprint density at radius 1 is 0.835 bits per heavy atom. The molecule has 4 amide bonds. The molecule has 6 atom stereocenters. The van der Waals surface area contributed by atoms with Gasteiger partial charge in [0, 0.05) is 80.7 Å². The second kappa shape index (κ2) is 24.1. The number of anilines is 1. The molecule has 5 heterocycles. The van der Waals surface area contributed by atoms with Crippen molar-refractivity contribution in [2.24, 2.45) is 10.8 Å². The molecule has 3 aliphatic rings. The third kappa shape index (κ3) is 13.8. The quantitative estimate of drug-likeness (QED) is 0.0457. The number of hydrogen-bond acceptors (Lipinski definition) is 15. The molecule has 7 rings (SSSR count). The van der Waals surface area contributed by atoms with Gasteiger partial charge in [0.2, 0.25) is 17.7 Å². The number of pyridine rings is 1. The lowest BCUT2D eigenvalue weighted by Gasteiger charge is -2.47. The lowest BCUT2D eigenvalue weighted by Crippen LogP contribution is -2.62. The Kier molecular flexibility index (Phi) is 18.1. The summed E-state index contributed by atoms with van der Waals surface area (Å²) in [6.07, 6.45) is -14.7. The van der Waals surface area contributed by atoms with Crippen molar-refractivity contribution in [3.8, 4) is 23.3 Å². The number of aliphatic hydroxyl groups is 1. The number of hydrogen-bond donors (Lipinski definition) is 5. The third-order valence-corrected chi connectivity index (χ3v) is 14.4. The smallest absolute Gasteiger partial charge is 0.407 e. The van der Waals surface area contributed by atoms with E-state index in [1.807, 2.05) is 28.2 Å². The van der Waals surface area contributed by atoms with E-state index in [1.165, 1.54) is 19.1 Å². The third-order valence-electron chi connectivity index (χ3n) is 14.4. The first kappa shape index (κ1) is 59.5. The molecular formula is C52H60F8N10O9. The van der Waals surface area contributed by atoms with Gasteiger partial charge < -0.3 is 44.6 Å². The first-order valence-electron chi connectivity index (χ1n) is 25.0. The molecule has 0 aliphatic carbocycles. The highest BCUT2D eigenvalue weighted by molar-refractivity contribution is 5.87. The fourth-order valence-corrected chi connectivity index (χ4v) is 9.39. The van der Waals surface area contributed by atoms with E-state index in [4.69, 9.17) is 13.9 Å². The van der Waals surface area contributed by atoms with Gasteiger partial charge in [0.1, 0.15) is 28.9 Å². The van der Waals surface area contributed by atoms with Crippen LogP contribution in [0.3, 0.4) is 0 Å². The molecule has 0 spiro atoms. The summed E-state index contributed by atoms with van der Waals surface area (Å²) in [7, 11) is 1.84. The molecule has 2 aromatic carbocycles. The van der Waals surface area contributed by atoms with E-state index in [-0.39, 0.29) is 17.3 Å². The number of piperazine rings is 1. The van der Waals surface area contributed by atoms with Gasteiger partial charge in [-0.3, -0.25) is 19.9 Å². The molecule has 2 aromatic heterocycles. The van der Waals surface area contributed by atoms with Crippen LogP contribution in [0.4, 0.5) is 50.5 Å². The number of methoxy groups -OCH3 is 1. The first-order chi connectivity index (χ1) is 37.1. The zero-order chi connectivity index (χ0) is 57.8. The summed E-state index contributed by atoms with van der Waals surface area (Å²) in [4.78, 5) is 62.4. The maximum atomic E-state index is 16.0. The van der Waals surface area contributed by atoms with Gasteiger partial charge in [-0.15, -0.1) is 10.2 Å². The highest BCUT2D eigenvalue weighted by atomic mass is 19.4. The summed E-state index contributed by atoms with van der Waals surface area (Å²) in [5.41, 5.74) is -3.82. The summed E-state index contributed by atoms with van der Waals surface area (Å²) in [5, 5.41) is 26.1. The Bertz CT molecular complexity index is 2850. The molecule has 27 heteroatoms. The Balaban J connectivity index is 1.17. The minimum Gasteiger partial charge on any atom is -0.453 e. The first-order valence-corrected chi connectivity index (χ1v) is 25.0. The molecule has 3 saturated heterocycles. The van der Waals surface area contributed by atoms with Crippen LogP contribution in [0.25, 0.3) is 11.5 Å². The van der Waals surface area contributed by atoms with Gasteiger partial charge in [-0.05, 0) is 88.9 Å². The minimum absolute atomic E-state index is 0.0416. The van der Waals surface area contributed by atoms with E-state index in [9.17, 15) is 50.6 Å². The lowest BCUT2D eigenvalue weighted by molar-refractivity contribution is -0.239. The number of alkyl carbamates (subject to hydrolysis) is 2. The summed E-state index contributed by atoms with van der Waals surface area (Å²) in [5.74, 6) is 0.786. The summed E-state index contributed by atoms with van der Waals surface area (Å²) < 4.78 is 139. The number of aryl methyl sites for hydroxylation is 1. The lowest BCUT2D eigenvalue weighted by atomic mass is 9.82. The molecule has 0 saturated carbocycles. The Labute approximate surface area is 449 Å². The largest absolute Gasteiger partial charge is 0.453 e. The second-order valence-electron chi connectivity index (χ2n) is 20.6. The number of carbonyl (C=O) groups excluding carboxylic acids is 4. The van der Waals surface area contributed by atoms with Crippen LogP contribution in [-0.4, -0.2) is 156 Å². The highest BCUT2D eigenvalue weighted by Crippen LogP contribution is 2.43. The van der Waals surface area contributed by atoms with E-state index in [0.29, 0.717) is 67.5 Å². The zero-order valence-electron chi connectivity index (χ0n) is 44.0. The van der Waals surface area contributed by atoms with Crippen molar-refractivity contribution < 1.29 is 78.0 Å². The number of nitrogens with one attached hydrogen (secondary N) is 4. The zero-order valence-corrected chi connectivity index (χ0v) is 44.0. The van der Waals surface area contributed by atoms with Crippen molar-refractivity contribution >= 4 is 29.8 Å². The van der Waals surface area contributed by atoms with Gasteiger partial charge in [-0.2, -0.15) is 26.3 Å². The van der Waals surface area contributed by atoms with Crippen molar-refractivity contribution in [3.63, 3.8) is 0 Å². The average molecular weight is 1120 g/mol. The molecule has 19 nitrogen and oxygen atoms in total. The average Bonchev–Trinajstić information content (AvgIpc) is 4.11. The number of amides is 4. The van der Waals surface area contributed by atoms with Crippen LogP contribution in [-0.2, 0) is 36.8 Å². The van der Waals surface area contributed by atoms with Gasteiger partial charge in [-0.1, -0.05) is 24.0 Å². The fraction of sp³-hybridized carbons (Fsp3) is 0.519. The molecule has 0 radical (unpaired) electrons. The second-order valence-corrected chi connectivity index (χ2v) is 20.6. The number of benzene rings is 2. The van der Waals surface area contributed by atoms with Crippen molar-refractivity contribution in [3.05, 3.63) is 94.5 Å². The summed E-state index contributed by atoms with van der Waals surface area (Å²) >= 11 is 0. The van der Waals surface area contributed by atoms with Gasteiger partial charge in [0.25, 0.3) is 5.91 Å². The normalized spacial score (nSPS) is 18.6. The number of aliphatic hydroxyl groups excluding tert-OH is 1. The molecular weight excluding hydrogens is 1060 g/mol. The molecule has 3 aliphatic heterocycles. The van der Waals surface area contributed by atoms with Gasteiger partial charge in [0.15, 0.2) is 6.10 Å². The van der Waals surface area contributed by atoms with Gasteiger partial charge in [0.05, 0.1) is 43.9 Å².